The fraction of sp³-hybridized carbons (Fsp3) is 0.348. The Morgan fingerprint density at radius 2 is 1.77 bits per heavy atom. The molecule has 3 heteroatoms. The number of thioether (sulfide) groups is 1. The molecule has 0 amide bonds. The number of hydrogen-bond donors (Lipinski definition) is 0. The lowest BCUT2D eigenvalue weighted by Gasteiger charge is -2.08. The normalized spacial score (nSPS) is 11.0. The topological polar surface area (TPSA) is 26.3 Å². The zero-order valence-electron chi connectivity index (χ0n) is 15.7. The van der Waals surface area contributed by atoms with Crippen molar-refractivity contribution >= 4 is 23.6 Å². The van der Waals surface area contributed by atoms with Crippen LogP contribution in [0.2, 0.25) is 0 Å². The number of hydrogen-bond acceptors (Lipinski definition) is 3. The minimum Gasteiger partial charge on any atom is -0.493 e. The molecule has 0 saturated carbocycles. The van der Waals surface area contributed by atoms with Crippen molar-refractivity contribution in [1.29, 1.82) is 0 Å². The number of benzene rings is 2. The van der Waals surface area contributed by atoms with Crippen LogP contribution >= 0.6 is 11.8 Å². The average Bonchev–Trinajstić information content (AvgIpc) is 2.69. The number of rotatable bonds is 11. The first kappa shape index (κ1) is 20.3. The first-order chi connectivity index (χ1) is 12.7. The second-order valence-corrected chi connectivity index (χ2v) is 7.33. The molecule has 0 saturated heterocycles. The average molecular weight is 369 g/mol. The number of carbonyl (C=O) groups excluding carboxylic acids is 1. The van der Waals surface area contributed by atoms with E-state index in [0.29, 0.717) is 12.2 Å². The summed E-state index contributed by atoms with van der Waals surface area (Å²) < 4.78 is 5.87. The molecule has 0 aromatic heterocycles. The van der Waals surface area contributed by atoms with Crippen LogP contribution in [0.4, 0.5) is 0 Å². The number of allylic oxidation sites excluding steroid dienone is 1. The summed E-state index contributed by atoms with van der Waals surface area (Å²) in [5.74, 6) is 1.94. The molecule has 138 valence electrons. The first-order valence-electron chi connectivity index (χ1n) is 9.41. The van der Waals surface area contributed by atoms with Crippen LogP contribution < -0.4 is 4.74 Å². The lowest BCUT2D eigenvalue weighted by atomic mass is 10.1. The van der Waals surface area contributed by atoms with E-state index in [2.05, 4.69) is 13.8 Å². The molecule has 0 fully saturated rings. The van der Waals surface area contributed by atoms with E-state index < -0.39 is 0 Å². The summed E-state index contributed by atoms with van der Waals surface area (Å²) in [5, 5.41) is 0. The van der Waals surface area contributed by atoms with E-state index in [1.165, 1.54) is 17.7 Å². The van der Waals surface area contributed by atoms with Crippen LogP contribution in [-0.4, -0.2) is 18.1 Å². The van der Waals surface area contributed by atoms with Gasteiger partial charge in [-0.05, 0) is 61.1 Å². The van der Waals surface area contributed by atoms with Crippen LogP contribution in [0.25, 0.3) is 6.08 Å². The molecule has 0 bridgehead atoms. The van der Waals surface area contributed by atoms with Crippen LogP contribution in [0.3, 0.4) is 0 Å². The number of ketones is 1. The van der Waals surface area contributed by atoms with Crippen molar-refractivity contribution in [1.82, 2.24) is 0 Å². The van der Waals surface area contributed by atoms with Crippen molar-refractivity contribution in [2.75, 3.05) is 12.4 Å². The Morgan fingerprint density at radius 1 is 1.00 bits per heavy atom. The summed E-state index contributed by atoms with van der Waals surface area (Å²) in [4.78, 5) is 13.6. The van der Waals surface area contributed by atoms with Gasteiger partial charge in [-0.25, -0.2) is 0 Å². The van der Waals surface area contributed by atoms with E-state index in [9.17, 15) is 4.79 Å². The standard InChI is InChI=1S/C23H28O2S/c1-3-5-8-17-25-23-10-7-6-9-20(23)13-16-22(24)19-11-14-21(15-12-19)26-18-4-2/h6-7,9-16H,3-5,8,17-18H2,1-2H3. The molecule has 2 aromatic rings. The summed E-state index contributed by atoms with van der Waals surface area (Å²) in [7, 11) is 0. The van der Waals surface area contributed by atoms with Crippen LogP contribution in [0, 0.1) is 0 Å². The Bertz CT molecular complexity index is 704. The highest BCUT2D eigenvalue weighted by Gasteiger charge is 2.04. The highest BCUT2D eigenvalue weighted by molar-refractivity contribution is 7.99. The van der Waals surface area contributed by atoms with Crippen LogP contribution in [-0.2, 0) is 0 Å². The monoisotopic (exact) mass is 368 g/mol. The fourth-order valence-corrected chi connectivity index (χ4v) is 3.25. The van der Waals surface area contributed by atoms with Gasteiger partial charge in [0.2, 0.25) is 0 Å². The number of para-hydroxylation sites is 1. The van der Waals surface area contributed by atoms with Gasteiger partial charge in [0.1, 0.15) is 5.75 Å². The molecule has 0 radical (unpaired) electrons. The van der Waals surface area contributed by atoms with Crippen molar-refractivity contribution in [3.8, 4) is 5.75 Å². The largest absolute Gasteiger partial charge is 0.493 e. The van der Waals surface area contributed by atoms with Gasteiger partial charge in [0.15, 0.2) is 5.78 Å². The van der Waals surface area contributed by atoms with Gasteiger partial charge in [-0.3, -0.25) is 4.79 Å². The Kier molecular flexibility index (Phi) is 9.05. The molecular formula is C23H28O2S. The van der Waals surface area contributed by atoms with Gasteiger partial charge in [0, 0.05) is 16.0 Å². The van der Waals surface area contributed by atoms with Crippen LogP contribution in [0.1, 0.15) is 55.5 Å². The van der Waals surface area contributed by atoms with E-state index in [-0.39, 0.29) is 5.78 Å². The van der Waals surface area contributed by atoms with Crippen molar-refractivity contribution in [2.24, 2.45) is 0 Å². The maximum Gasteiger partial charge on any atom is 0.185 e. The van der Waals surface area contributed by atoms with Gasteiger partial charge in [0.25, 0.3) is 0 Å². The quantitative estimate of drug-likeness (QED) is 0.192. The lowest BCUT2D eigenvalue weighted by molar-refractivity contribution is 0.104. The molecular weight excluding hydrogens is 340 g/mol. The molecule has 26 heavy (non-hydrogen) atoms. The third-order valence-corrected chi connectivity index (χ3v) is 5.17. The van der Waals surface area contributed by atoms with Gasteiger partial charge in [0.05, 0.1) is 6.61 Å². The minimum atomic E-state index is 0.0119. The Labute approximate surface area is 161 Å². The lowest BCUT2D eigenvalue weighted by Crippen LogP contribution is -1.99. The second-order valence-electron chi connectivity index (χ2n) is 6.16. The fourth-order valence-electron chi connectivity index (χ4n) is 2.48. The van der Waals surface area contributed by atoms with Crippen molar-refractivity contribution in [3.05, 3.63) is 65.7 Å². The number of unbranched alkanes of at least 4 members (excludes halogenated alkanes) is 2. The van der Waals surface area contributed by atoms with E-state index in [4.69, 9.17) is 4.74 Å². The zero-order chi connectivity index (χ0) is 18.6. The maximum atomic E-state index is 12.4. The third-order valence-electron chi connectivity index (χ3n) is 3.95. The third kappa shape index (κ3) is 6.72. The zero-order valence-corrected chi connectivity index (χ0v) is 16.6. The van der Waals surface area contributed by atoms with Crippen molar-refractivity contribution < 1.29 is 9.53 Å². The van der Waals surface area contributed by atoms with E-state index in [1.54, 1.807) is 6.08 Å². The summed E-state index contributed by atoms with van der Waals surface area (Å²) in [5.41, 5.74) is 1.65. The van der Waals surface area contributed by atoms with Gasteiger partial charge >= 0.3 is 0 Å². The molecule has 0 aliphatic rings. The molecule has 2 rings (SSSR count). The Morgan fingerprint density at radius 3 is 2.50 bits per heavy atom. The Hall–Kier alpha value is -2.00. The van der Waals surface area contributed by atoms with E-state index in [1.807, 2.05) is 66.4 Å². The van der Waals surface area contributed by atoms with Gasteiger partial charge < -0.3 is 4.74 Å². The smallest absolute Gasteiger partial charge is 0.185 e. The molecule has 0 spiro atoms. The molecule has 0 heterocycles. The first-order valence-corrected chi connectivity index (χ1v) is 10.4. The van der Waals surface area contributed by atoms with Crippen LogP contribution in [0.5, 0.6) is 5.75 Å². The minimum absolute atomic E-state index is 0.0119. The number of ether oxygens (including phenoxy) is 1. The number of carbonyl (C=O) groups is 1. The predicted molar refractivity (Wildman–Crippen MR) is 112 cm³/mol. The highest BCUT2D eigenvalue weighted by Crippen LogP contribution is 2.22. The molecule has 0 aliphatic carbocycles. The highest BCUT2D eigenvalue weighted by atomic mass is 32.2. The summed E-state index contributed by atoms with van der Waals surface area (Å²) in [6.07, 6.45) is 8.02. The van der Waals surface area contributed by atoms with Crippen molar-refractivity contribution in [2.45, 2.75) is 44.4 Å². The maximum absolute atomic E-state index is 12.4. The summed E-state index contributed by atoms with van der Waals surface area (Å²) in [6, 6.07) is 15.7. The molecule has 0 aliphatic heterocycles. The SMILES string of the molecule is CCCCCOc1ccccc1C=CC(=O)c1ccc(SCCC)cc1. The second kappa shape index (κ2) is 11.6. The van der Waals surface area contributed by atoms with Gasteiger partial charge in [-0.2, -0.15) is 0 Å². The molecule has 2 nitrogen and oxygen atoms in total. The van der Waals surface area contributed by atoms with Crippen molar-refractivity contribution in [3.63, 3.8) is 0 Å². The van der Waals surface area contributed by atoms with E-state index in [0.717, 1.165) is 29.9 Å². The van der Waals surface area contributed by atoms with Gasteiger partial charge in [-0.15, -0.1) is 11.8 Å². The predicted octanol–water partition coefficient (Wildman–Crippen LogP) is 6.65. The molecule has 2 aromatic carbocycles. The molecule has 0 atom stereocenters. The summed E-state index contributed by atoms with van der Waals surface area (Å²) >= 11 is 1.82. The van der Waals surface area contributed by atoms with Crippen LogP contribution in [0.15, 0.2) is 59.5 Å². The molecule has 0 N–H and O–H groups in total. The molecule has 0 unspecified atom stereocenters. The van der Waals surface area contributed by atoms with Gasteiger partial charge in [-0.1, -0.05) is 44.9 Å². The van der Waals surface area contributed by atoms with E-state index >= 15 is 0 Å². The Balaban J connectivity index is 1.99. The summed E-state index contributed by atoms with van der Waals surface area (Å²) in [6.45, 7) is 5.06.